The molecule has 1 saturated heterocycles. The zero-order chi connectivity index (χ0) is 18.6. The molecule has 0 unspecified atom stereocenters. The number of ether oxygens (including phenoxy) is 2. The summed E-state index contributed by atoms with van der Waals surface area (Å²) in [5.41, 5.74) is 1.72. The van der Waals surface area contributed by atoms with Gasteiger partial charge in [0.1, 0.15) is 13.2 Å². The van der Waals surface area contributed by atoms with Crippen molar-refractivity contribution in [3.05, 3.63) is 35.7 Å². The Hall–Kier alpha value is -2.57. The van der Waals surface area contributed by atoms with Crippen LogP contribution in [0.1, 0.15) is 42.2 Å². The summed E-state index contributed by atoms with van der Waals surface area (Å²) in [5, 5.41) is 8.45. The van der Waals surface area contributed by atoms with Crippen LogP contribution in [0.25, 0.3) is 0 Å². The monoisotopic (exact) mass is 370 g/mol. The smallest absolute Gasteiger partial charge is 0.253 e. The second-order valence-corrected chi connectivity index (χ2v) is 7.28. The summed E-state index contributed by atoms with van der Waals surface area (Å²) in [6, 6.07) is 5.45. The standard InChI is InChI=1S/C20H26N4O3/c1-2-3-17-14-24(22-21-17)13-15-6-8-23(9-7-15)20(25)16-4-5-18-19(12-16)27-11-10-26-18/h4-5,12,14-15H,2-3,6-11,13H2,1H3. The van der Waals surface area contributed by atoms with Gasteiger partial charge in [-0.05, 0) is 43.4 Å². The number of nitrogens with zero attached hydrogens (tertiary/aromatic N) is 4. The molecular weight excluding hydrogens is 344 g/mol. The topological polar surface area (TPSA) is 69.5 Å². The van der Waals surface area contributed by atoms with Gasteiger partial charge in [-0.15, -0.1) is 5.10 Å². The second kappa shape index (κ2) is 7.98. The van der Waals surface area contributed by atoms with Crippen LogP contribution in [0.3, 0.4) is 0 Å². The fraction of sp³-hybridized carbons (Fsp3) is 0.550. The van der Waals surface area contributed by atoms with Crippen LogP contribution >= 0.6 is 0 Å². The van der Waals surface area contributed by atoms with Crippen molar-refractivity contribution in [2.75, 3.05) is 26.3 Å². The van der Waals surface area contributed by atoms with E-state index < -0.39 is 0 Å². The maximum absolute atomic E-state index is 12.8. The molecule has 7 nitrogen and oxygen atoms in total. The number of likely N-dealkylation sites (tertiary alicyclic amines) is 1. The van der Waals surface area contributed by atoms with Crippen LogP contribution in [0.5, 0.6) is 11.5 Å². The van der Waals surface area contributed by atoms with E-state index in [9.17, 15) is 4.79 Å². The van der Waals surface area contributed by atoms with Gasteiger partial charge >= 0.3 is 0 Å². The molecule has 7 heteroatoms. The van der Waals surface area contributed by atoms with Crippen molar-refractivity contribution in [2.24, 2.45) is 5.92 Å². The number of amides is 1. The number of fused-ring (bicyclic) bond motifs is 1. The number of benzene rings is 1. The first-order valence-corrected chi connectivity index (χ1v) is 9.81. The molecule has 1 amide bonds. The molecule has 2 aliphatic heterocycles. The molecule has 1 aromatic carbocycles. The van der Waals surface area contributed by atoms with Crippen molar-refractivity contribution >= 4 is 5.91 Å². The zero-order valence-corrected chi connectivity index (χ0v) is 15.8. The minimum atomic E-state index is 0.0661. The van der Waals surface area contributed by atoms with Crippen LogP contribution in [0.4, 0.5) is 0 Å². The van der Waals surface area contributed by atoms with Gasteiger partial charge in [-0.3, -0.25) is 9.48 Å². The Morgan fingerprint density at radius 1 is 1.19 bits per heavy atom. The highest BCUT2D eigenvalue weighted by Crippen LogP contribution is 2.31. The molecule has 0 saturated carbocycles. The fourth-order valence-electron chi connectivity index (χ4n) is 3.74. The van der Waals surface area contributed by atoms with E-state index in [1.165, 1.54) is 0 Å². The molecule has 0 spiro atoms. The third kappa shape index (κ3) is 4.07. The lowest BCUT2D eigenvalue weighted by atomic mass is 9.96. The normalized spacial score (nSPS) is 17.1. The zero-order valence-electron chi connectivity index (χ0n) is 15.8. The number of carbonyl (C=O) groups is 1. The summed E-state index contributed by atoms with van der Waals surface area (Å²) >= 11 is 0. The summed E-state index contributed by atoms with van der Waals surface area (Å²) in [6.07, 6.45) is 6.08. The van der Waals surface area contributed by atoms with Crippen LogP contribution in [-0.2, 0) is 13.0 Å². The summed E-state index contributed by atoms with van der Waals surface area (Å²) in [5.74, 6) is 1.98. The van der Waals surface area contributed by atoms with E-state index in [1.807, 2.05) is 21.7 Å². The number of rotatable bonds is 5. The first-order chi connectivity index (χ1) is 13.2. The molecule has 0 aliphatic carbocycles. The minimum Gasteiger partial charge on any atom is -0.486 e. The number of aryl methyl sites for hydroxylation is 1. The average Bonchev–Trinajstić information content (AvgIpc) is 3.15. The van der Waals surface area contributed by atoms with Gasteiger partial charge in [0.2, 0.25) is 0 Å². The predicted octanol–water partition coefficient (Wildman–Crippen LogP) is 2.55. The van der Waals surface area contributed by atoms with Gasteiger partial charge < -0.3 is 14.4 Å². The minimum absolute atomic E-state index is 0.0661. The van der Waals surface area contributed by atoms with Crippen LogP contribution in [0.15, 0.2) is 24.4 Å². The van der Waals surface area contributed by atoms with Gasteiger partial charge in [0.15, 0.2) is 11.5 Å². The Bertz CT molecular complexity index is 796. The molecular formula is C20H26N4O3. The highest BCUT2D eigenvalue weighted by Gasteiger charge is 2.25. The Morgan fingerprint density at radius 2 is 1.96 bits per heavy atom. The Balaban J connectivity index is 1.32. The van der Waals surface area contributed by atoms with Gasteiger partial charge in [0.05, 0.1) is 5.69 Å². The average molecular weight is 370 g/mol. The highest BCUT2D eigenvalue weighted by atomic mass is 16.6. The van der Waals surface area contributed by atoms with Crippen LogP contribution in [0.2, 0.25) is 0 Å². The van der Waals surface area contributed by atoms with Gasteiger partial charge in [0.25, 0.3) is 5.91 Å². The Labute approximate surface area is 159 Å². The molecule has 0 radical (unpaired) electrons. The van der Waals surface area contributed by atoms with Crippen molar-refractivity contribution in [2.45, 2.75) is 39.2 Å². The SMILES string of the molecule is CCCc1cn(CC2CCN(C(=O)c3ccc4c(c3)OCCO4)CC2)nn1. The Morgan fingerprint density at radius 3 is 2.74 bits per heavy atom. The van der Waals surface area contributed by atoms with E-state index in [4.69, 9.17) is 9.47 Å². The molecule has 0 N–H and O–H groups in total. The molecule has 1 aromatic heterocycles. The lowest BCUT2D eigenvalue weighted by molar-refractivity contribution is 0.0680. The third-order valence-electron chi connectivity index (χ3n) is 5.23. The molecule has 4 rings (SSSR count). The van der Waals surface area contributed by atoms with Crippen molar-refractivity contribution in [3.63, 3.8) is 0 Å². The third-order valence-corrected chi connectivity index (χ3v) is 5.23. The van der Waals surface area contributed by atoms with Crippen molar-refractivity contribution in [3.8, 4) is 11.5 Å². The summed E-state index contributed by atoms with van der Waals surface area (Å²) in [6.45, 7) is 5.65. The maximum Gasteiger partial charge on any atom is 0.253 e. The van der Waals surface area contributed by atoms with E-state index in [-0.39, 0.29) is 5.91 Å². The fourth-order valence-corrected chi connectivity index (χ4v) is 3.74. The van der Waals surface area contributed by atoms with Gasteiger partial charge in [-0.1, -0.05) is 18.6 Å². The predicted molar refractivity (Wildman–Crippen MR) is 100 cm³/mol. The van der Waals surface area contributed by atoms with Crippen molar-refractivity contribution in [1.82, 2.24) is 19.9 Å². The molecule has 1 fully saturated rings. The van der Waals surface area contributed by atoms with Gasteiger partial charge in [-0.25, -0.2) is 0 Å². The number of hydrogen-bond acceptors (Lipinski definition) is 5. The van der Waals surface area contributed by atoms with E-state index in [0.29, 0.717) is 36.2 Å². The molecule has 2 aliphatic rings. The molecule has 3 heterocycles. The number of piperidine rings is 1. The Kier molecular flexibility index (Phi) is 5.27. The second-order valence-electron chi connectivity index (χ2n) is 7.28. The van der Waals surface area contributed by atoms with Crippen molar-refractivity contribution in [1.29, 1.82) is 0 Å². The van der Waals surface area contributed by atoms with E-state index in [2.05, 4.69) is 23.4 Å². The molecule has 27 heavy (non-hydrogen) atoms. The molecule has 2 aromatic rings. The van der Waals surface area contributed by atoms with Gasteiger partial charge in [0, 0.05) is 31.4 Å². The highest BCUT2D eigenvalue weighted by molar-refractivity contribution is 5.95. The van der Waals surface area contributed by atoms with Crippen LogP contribution in [-0.4, -0.2) is 52.1 Å². The van der Waals surface area contributed by atoms with Gasteiger partial charge in [-0.2, -0.15) is 0 Å². The maximum atomic E-state index is 12.8. The number of aromatic nitrogens is 3. The molecule has 0 atom stereocenters. The van der Waals surface area contributed by atoms with Crippen molar-refractivity contribution < 1.29 is 14.3 Å². The lowest BCUT2D eigenvalue weighted by Gasteiger charge is -2.32. The number of carbonyl (C=O) groups excluding carboxylic acids is 1. The first kappa shape index (κ1) is 17.8. The van der Waals surface area contributed by atoms with E-state index in [1.54, 1.807) is 6.07 Å². The molecule has 144 valence electrons. The summed E-state index contributed by atoms with van der Waals surface area (Å²) in [7, 11) is 0. The lowest BCUT2D eigenvalue weighted by Crippen LogP contribution is -2.39. The summed E-state index contributed by atoms with van der Waals surface area (Å²) in [4.78, 5) is 14.8. The number of hydrogen-bond donors (Lipinski definition) is 0. The van der Waals surface area contributed by atoms with Crippen LogP contribution in [0, 0.1) is 5.92 Å². The van der Waals surface area contributed by atoms with E-state index in [0.717, 1.165) is 51.0 Å². The summed E-state index contributed by atoms with van der Waals surface area (Å²) < 4.78 is 13.1. The quantitative estimate of drug-likeness (QED) is 0.809. The molecule has 0 bridgehead atoms. The van der Waals surface area contributed by atoms with Crippen LogP contribution < -0.4 is 9.47 Å². The largest absolute Gasteiger partial charge is 0.486 e. The first-order valence-electron chi connectivity index (χ1n) is 9.81. The van der Waals surface area contributed by atoms with E-state index >= 15 is 0 Å².